The second-order valence-corrected chi connectivity index (χ2v) is 9.38. The zero-order valence-electron chi connectivity index (χ0n) is 18.7. The van der Waals surface area contributed by atoms with E-state index in [1.807, 2.05) is 12.1 Å². The van der Waals surface area contributed by atoms with Gasteiger partial charge in [0.25, 0.3) is 0 Å². The minimum Gasteiger partial charge on any atom is -0.463 e. The maximum absolute atomic E-state index is 12.5. The number of carbonyl (C=O) groups excluding carboxylic acids is 2. The maximum atomic E-state index is 12.5. The van der Waals surface area contributed by atoms with Crippen LogP contribution in [-0.2, 0) is 25.6 Å². The third kappa shape index (κ3) is 7.01. The summed E-state index contributed by atoms with van der Waals surface area (Å²) in [4.78, 5) is 27.3. The van der Waals surface area contributed by atoms with Gasteiger partial charge in [0, 0.05) is 38.2 Å². The Kier molecular flexibility index (Phi) is 8.90. The van der Waals surface area contributed by atoms with Gasteiger partial charge in [0.2, 0.25) is 0 Å². The van der Waals surface area contributed by atoms with Crippen LogP contribution in [0.4, 0.5) is 0 Å². The number of carbonyl (C=O) groups is 2. The fraction of sp³-hybridized carbons (Fsp3) is 0.667. The summed E-state index contributed by atoms with van der Waals surface area (Å²) in [6, 6.07) is 7.98. The molecule has 0 aromatic heterocycles. The SMILES string of the molecule is COC1CCCNC2(CCN(Cc3ccc(Cl)cc3)CC2)COC(=O)C(C)C(=O)CC1. The Hall–Kier alpha value is -1.47. The number of nitrogens with one attached hydrogen (secondary N) is 1. The first-order valence-electron chi connectivity index (χ1n) is 11.3. The Bertz CT molecular complexity index is 732. The van der Waals surface area contributed by atoms with Crippen molar-refractivity contribution >= 4 is 23.4 Å². The van der Waals surface area contributed by atoms with Crippen LogP contribution in [0.5, 0.6) is 0 Å². The van der Waals surface area contributed by atoms with Gasteiger partial charge in [-0.3, -0.25) is 14.5 Å². The lowest BCUT2D eigenvalue weighted by Crippen LogP contribution is -2.56. The predicted molar refractivity (Wildman–Crippen MR) is 121 cm³/mol. The molecule has 1 aromatic carbocycles. The number of nitrogens with zero attached hydrogens (tertiary/aromatic N) is 1. The van der Waals surface area contributed by atoms with E-state index in [1.165, 1.54) is 5.56 Å². The van der Waals surface area contributed by atoms with Gasteiger partial charge in [0.1, 0.15) is 18.3 Å². The Balaban J connectivity index is 1.62. The van der Waals surface area contributed by atoms with Crippen LogP contribution < -0.4 is 5.32 Å². The number of ketones is 1. The van der Waals surface area contributed by atoms with Crippen LogP contribution >= 0.6 is 11.6 Å². The summed E-state index contributed by atoms with van der Waals surface area (Å²) in [7, 11) is 1.69. The third-order valence-corrected chi connectivity index (χ3v) is 6.96. The van der Waals surface area contributed by atoms with E-state index in [0.717, 1.165) is 56.9 Å². The highest BCUT2D eigenvalue weighted by Gasteiger charge is 2.36. The Morgan fingerprint density at radius 1 is 1.19 bits per heavy atom. The van der Waals surface area contributed by atoms with E-state index in [9.17, 15) is 9.59 Å². The lowest BCUT2D eigenvalue weighted by molar-refractivity contribution is -0.154. The van der Waals surface area contributed by atoms with E-state index < -0.39 is 11.9 Å². The highest BCUT2D eigenvalue weighted by Crippen LogP contribution is 2.26. The van der Waals surface area contributed by atoms with Gasteiger partial charge in [-0.2, -0.15) is 0 Å². The summed E-state index contributed by atoms with van der Waals surface area (Å²) in [5.41, 5.74) is 0.999. The van der Waals surface area contributed by atoms with E-state index in [2.05, 4.69) is 22.3 Å². The molecule has 1 aromatic rings. The Labute approximate surface area is 190 Å². The largest absolute Gasteiger partial charge is 0.463 e. The molecule has 2 unspecified atom stereocenters. The number of rotatable bonds is 3. The van der Waals surface area contributed by atoms with Crippen molar-refractivity contribution in [2.75, 3.05) is 33.4 Å². The summed E-state index contributed by atoms with van der Waals surface area (Å²) in [5.74, 6) is -1.20. The molecule has 2 saturated heterocycles. The van der Waals surface area contributed by atoms with E-state index in [-0.39, 0.29) is 17.4 Å². The quantitative estimate of drug-likeness (QED) is 0.560. The molecule has 2 heterocycles. The molecule has 2 aliphatic heterocycles. The molecule has 0 radical (unpaired) electrons. The molecule has 0 bridgehead atoms. The lowest BCUT2D eigenvalue weighted by Gasteiger charge is -2.42. The molecule has 0 amide bonds. The number of esters is 1. The topological polar surface area (TPSA) is 67.9 Å². The molecule has 0 saturated carbocycles. The molecule has 2 atom stereocenters. The molecule has 31 heavy (non-hydrogen) atoms. The second-order valence-electron chi connectivity index (χ2n) is 8.94. The van der Waals surface area contributed by atoms with Gasteiger partial charge in [0.05, 0.1) is 11.6 Å². The summed E-state index contributed by atoms with van der Waals surface area (Å²) in [6.07, 6.45) is 4.70. The molecule has 6 nitrogen and oxygen atoms in total. The average Bonchev–Trinajstić information content (AvgIpc) is 2.79. The van der Waals surface area contributed by atoms with Crippen molar-refractivity contribution in [3.05, 3.63) is 34.9 Å². The summed E-state index contributed by atoms with van der Waals surface area (Å²) >= 11 is 5.99. The number of hydrogen-bond donors (Lipinski definition) is 1. The van der Waals surface area contributed by atoms with Crippen LogP contribution in [0, 0.1) is 5.92 Å². The number of hydrogen-bond acceptors (Lipinski definition) is 6. The highest BCUT2D eigenvalue weighted by molar-refractivity contribution is 6.30. The van der Waals surface area contributed by atoms with Crippen molar-refractivity contribution in [3.63, 3.8) is 0 Å². The van der Waals surface area contributed by atoms with Crippen molar-refractivity contribution < 1.29 is 19.1 Å². The number of likely N-dealkylation sites (tertiary alicyclic amines) is 1. The lowest BCUT2D eigenvalue weighted by atomic mass is 9.87. The molecule has 2 aliphatic rings. The standard InChI is InChI=1S/C24H35ClN2O4/c1-18-22(28)10-9-21(30-2)4-3-13-26-24(17-31-23(18)29)11-14-27(15-12-24)16-19-5-7-20(25)8-6-19/h5-8,18,21,26H,3-4,9-17H2,1-2H3. The molecule has 1 N–H and O–H groups in total. The molecular weight excluding hydrogens is 416 g/mol. The predicted octanol–water partition coefficient (Wildman–Crippen LogP) is 3.60. The fourth-order valence-electron chi connectivity index (χ4n) is 4.41. The number of halogens is 1. The summed E-state index contributed by atoms with van der Waals surface area (Å²) < 4.78 is 11.2. The zero-order valence-corrected chi connectivity index (χ0v) is 19.5. The van der Waals surface area contributed by atoms with Crippen molar-refractivity contribution in [1.82, 2.24) is 10.2 Å². The average molecular weight is 451 g/mol. The van der Waals surface area contributed by atoms with Crippen LogP contribution in [-0.4, -0.2) is 61.6 Å². The van der Waals surface area contributed by atoms with Crippen molar-refractivity contribution in [1.29, 1.82) is 0 Å². The Morgan fingerprint density at radius 2 is 1.90 bits per heavy atom. The summed E-state index contributed by atoms with van der Waals surface area (Å²) in [6.45, 7) is 5.53. The van der Waals surface area contributed by atoms with Gasteiger partial charge in [-0.1, -0.05) is 23.7 Å². The smallest absolute Gasteiger partial charge is 0.316 e. The monoisotopic (exact) mass is 450 g/mol. The zero-order chi connectivity index (χ0) is 22.3. The minimum atomic E-state index is -0.722. The van der Waals surface area contributed by atoms with Crippen molar-refractivity contribution in [3.8, 4) is 0 Å². The van der Waals surface area contributed by atoms with Crippen LogP contribution in [0.1, 0.15) is 51.0 Å². The molecule has 2 fully saturated rings. The normalized spacial score (nSPS) is 26.5. The van der Waals surface area contributed by atoms with Gasteiger partial charge >= 0.3 is 5.97 Å². The highest BCUT2D eigenvalue weighted by atomic mass is 35.5. The number of methoxy groups -OCH3 is 1. The number of Topliss-reactive ketones (excluding diaryl/α,β-unsaturated/α-hetero) is 1. The van der Waals surface area contributed by atoms with Crippen molar-refractivity contribution in [2.45, 2.75) is 63.6 Å². The Morgan fingerprint density at radius 3 is 2.58 bits per heavy atom. The van der Waals surface area contributed by atoms with Crippen LogP contribution in [0.15, 0.2) is 24.3 Å². The third-order valence-electron chi connectivity index (χ3n) is 6.71. The fourth-order valence-corrected chi connectivity index (χ4v) is 4.53. The number of benzene rings is 1. The van der Waals surface area contributed by atoms with Crippen LogP contribution in [0.3, 0.4) is 0 Å². The van der Waals surface area contributed by atoms with E-state index >= 15 is 0 Å². The van der Waals surface area contributed by atoms with Gasteiger partial charge in [-0.25, -0.2) is 0 Å². The first-order chi connectivity index (χ1) is 14.9. The van der Waals surface area contributed by atoms with E-state index in [1.54, 1.807) is 14.0 Å². The molecule has 172 valence electrons. The molecule has 3 rings (SSSR count). The molecule has 7 heteroatoms. The maximum Gasteiger partial charge on any atom is 0.316 e. The van der Waals surface area contributed by atoms with Gasteiger partial charge < -0.3 is 14.8 Å². The van der Waals surface area contributed by atoms with E-state index in [0.29, 0.717) is 19.4 Å². The number of piperidine rings is 1. The van der Waals surface area contributed by atoms with Crippen molar-refractivity contribution in [2.24, 2.45) is 5.92 Å². The number of cyclic esters (lactones) is 1. The number of ether oxygens (including phenoxy) is 2. The van der Waals surface area contributed by atoms with E-state index in [4.69, 9.17) is 21.1 Å². The van der Waals surface area contributed by atoms with Crippen LogP contribution in [0.25, 0.3) is 0 Å². The van der Waals surface area contributed by atoms with Gasteiger partial charge in [0.15, 0.2) is 0 Å². The minimum absolute atomic E-state index is 0.0481. The molecule has 1 spiro atoms. The first-order valence-corrected chi connectivity index (χ1v) is 11.7. The van der Waals surface area contributed by atoms with Gasteiger partial charge in [-0.15, -0.1) is 0 Å². The first kappa shape index (κ1) is 24.2. The van der Waals surface area contributed by atoms with Gasteiger partial charge in [-0.05, 0) is 63.3 Å². The molecule has 0 aliphatic carbocycles. The molecular formula is C24H35ClN2O4. The van der Waals surface area contributed by atoms with Crippen LogP contribution in [0.2, 0.25) is 5.02 Å². The summed E-state index contributed by atoms with van der Waals surface area (Å²) in [5, 5.41) is 4.44. The second kappa shape index (κ2) is 11.4.